The first-order valence-corrected chi connectivity index (χ1v) is 12.8. The number of methoxy groups -OCH3 is 1. The average Bonchev–Trinajstić information content (AvgIpc) is 2.85. The number of rotatable bonds is 8. The smallest absolute Gasteiger partial charge is 0.339 e. The Labute approximate surface area is 222 Å². The summed E-state index contributed by atoms with van der Waals surface area (Å²) >= 11 is 6.51. The van der Waals surface area contributed by atoms with Gasteiger partial charge in [0, 0.05) is 22.3 Å². The van der Waals surface area contributed by atoms with Gasteiger partial charge in [-0.05, 0) is 70.0 Å². The predicted octanol–water partition coefficient (Wildman–Crippen LogP) is 5.44. The molecule has 0 aliphatic heterocycles. The summed E-state index contributed by atoms with van der Waals surface area (Å²) < 4.78 is 36.9. The number of nitrogens with one attached hydrogen (secondary N) is 1. The molecule has 0 aliphatic rings. The molecule has 0 unspecified atom stereocenters. The number of amides is 1. The molecule has 0 heterocycles. The summed E-state index contributed by atoms with van der Waals surface area (Å²) in [6.07, 6.45) is 1.29. The molecule has 13 heteroatoms. The number of hydrogen-bond donors (Lipinski definition) is 1. The molecule has 0 spiro atoms. The molecule has 0 aromatic heterocycles. The molecule has 36 heavy (non-hydrogen) atoms. The van der Waals surface area contributed by atoms with Gasteiger partial charge in [0.05, 0.1) is 16.5 Å². The van der Waals surface area contributed by atoms with Gasteiger partial charge in [-0.3, -0.25) is 14.9 Å². The number of anilines is 1. The van der Waals surface area contributed by atoms with Crippen LogP contribution in [0.4, 0.5) is 11.4 Å². The highest BCUT2D eigenvalue weighted by molar-refractivity contribution is 9.10. The first-order chi connectivity index (χ1) is 17.0. The quantitative estimate of drug-likeness (QED) is 0.113. The first-order valence-electron chi connectivity index (χ1n) is 9.79. The number of carbonyl (C=O) groups excluding carboxylic acids is 1. The second-order valence-corrected chi connectivity index (χ2v) is 10.3. The van der Waals surface area contributed by atoms with Crippen molar-refractivity contribution in [3.63, 3.8) is 0 Å². The van der Waals surface area contributed by atoms with Crippen molar-refractivity contribution in [2.24, 2.45) is 0 Å². The van der Waals surface area contributed by atoms with Crippen LogP contribution >= 0.6 is 31.9 Å². The van der Waals surface area contributed by atoms with Crippen LogP contribution in [0.25, 0.3) is 6.08 Å². The molecule has 3 aromatic carbocycles. The van der Waals surface area contributed by atoms with Gasteiger partial charge in [-0.1, -0.05) is 22.0 Å². The second-order valence-electron chi connectivity index (χ2n) is 6.96. The Morgan fingerprint density at radius 2 is 1.83 bits per heavy atom. The Balaban J connectivity index is 1.92. The van der Waals surface area contributed by atoms with Crippen LogP contribution in [0.3, 0.4) is 0 Å². The highest BCUT2D eigenvalue weighted by Crippen LogP contribution is 2.39. The maximum Gasteiger partial charge on any atom is 0.339 e. The molecule has 0 aliphatic carbocycles. The van der Waals surface area contributed by atoms with E-state index in [4.69, 9.17) is 8.92 Å². The second kappa shape index (κ2) is 11.3. The Hall–Kier alpha value is -3.73. The molecule has 1 amide bonds. The van der Waals surface area contributed by atoms with Gasteiger partial charge in [0.2, 0.25) is 0 Å². The molecular formula is C23H15Br2N3O7S. The van der Waals surface area contributed by atoms with Gasteiger partial charge in [-0.15, -0.1) is 0 Å². The molecule has 0 saturated carbocycles. The van der Waals surface area contributed by atoms with E-state index >= 15 is 0 Å². The standard InChI is InChI=1S/C23H15Br2N3O7S/c1-34-21-11-14(9-15(13-26)23(29)27-17-7-5-16(24)6-8-17)10-20(25)22(21)35-36(32,33)19-4-2-3-18(12-19)28(30)31/h2-12H,1H3,(H,27,29)/b15-9-. The number of nitro benzene ring substituents is 1. The zero-order valence-electron chi connectivity index (χ0n) is 18.3. The van der Waals surface area contributed by atoms with Crippen LogP contribution in [0, 0.1) is 21.4 Å². The SMILES string of the molecule is COc1cc(/C=C(/C#N)C(=O)Nc2ccc(Br)cc2)cc(Br)c1OS(=O)(=O)c1cccc([N+](=O)[O-])c1. The van der Waals surface area contributed by atoms with Crippen molar-refractivity contribution in [3.8, 4) is 17.6 Å². The Kier molecular flexibility index (Phi) is 8.46. The third-order valence-corrected chi connectivity index (χ3v) is 6.88. The van der Waals surface area contributed by atoms with E-state index in [1.165, 1.54) is 31.4 Å². The normalized spacial score (nSPS) is 11.3. The van der Waals surface area contributed by atoms with Gasteiger partial charge in [-0.25, -0.2) is 0 Å². The summed E-state index contributed by atoms with van der Waals surface area (Å²) in [6, 6.07) is 15.8. The fourth-order valence-corrected chi connectivity index (χ4v) is 4.77. The summed E-state index contributed by atoms with van der Waals surface area (Å²) in [6.45, 7) is 0. The zero-order chi connectivity index (χ0) is 26.5. The molecule has 3 aromatic rings. The topological polar surface area (TPSA) is 149 Å². The van der Waals surface area contributed by atoms with E-state index in [-0.39, 0.29) is 21.5 Å². The third kappa shape index (κ3) is 6.48. The molecule has 0 saturated heterocycles. The molecule has 184 valence electrons. The van der Waals surface area contributed by atoms with E-state index < -0.39 is 31.5 Å². The first kappa shape index (κ1) is 26.9. The van der Waals surface area contributed by atoms with Crippen LogP contribution in [-0.2, 0) is 14.9 Å². The lowest BCUT2D eigenvalue weighted by Gasteiger charge is -2.13. The number of ether oxygens (including phenoxy) is 1. The van der Waals surface area contributed by atoms with Crippen molar-refractivity contribution < 1.29 is 27.1 Å². The molecule has 0 bridgehead atoms. The molecule has 3 rings (SSSR count). The maximum atomic E-state index is 12.8. The number of nitro groups is 1. The van der Waals surface area contributed by atoms with Crippen molar-refractivity contribution in [1.29, 1.82) is 5.26 Å². The average molecular weight is 637 g/mol. The van der Waals surface area contributed by atoms with E-state index in [0.717, 1.165) is 22.7 Å². The van der Waals surface area contributed by atoms with Crippen molar-refractivity contribution in [2.75, 3.05) is 12.4 Å². The van der Waals surface area contributed by atoms with E-state index in [2.05, 4.69) is 37.2 Å². The number of hydrogen-bond acceptors (Lipinski definition) is 8. The highest BCUT2D eigenvalue weighted by Gasteiger charge is 2.24. The van der Waals surface area contributed by atoms with Gasteiger partial charge >= 0.3 is 10.1 Å². The minimum Gasteiger partial charge on any atom is -0.493 e. The van der Waals surface area contributed by atoms with Crippen molar-refractivity contribution in [3.05, 3.63) is 90.9 Å². The third-order valence-electron chi connectivity index (χ3n) is 4.54. The largest absolute Gasteiger partial charge is 0.493 e. The highest BCUT2D eigenvalue weighted by atomic mass is 79.9. The van der Waals surface area contributed by atoms with Crippen LogP contribution in [-0.4, -0.2) is 26.4 Å². The van der Waals surface area contributed by atoms with E-state index in [9.17, 15) is 28.6 Å². The number of nitriles is 1. The molecule has 0 atom stereocenters. The molecule has 10 nitrogen and oxygen atoms in total. The Bertz CT molecular complexity index is 1520. The van der Waals surface area contributed by atoms with Crippen LogP contribution in [0.2, 0.25) is 0 Å². The monoisotopic (exact) mass is 635 g/mol. The van der Waals surface area contributed by atoms with Gasteiger partial charge < -0.3 is 14.2 Å². The molecule has 1 N–H and O–H groups in total. The lowest BCUT2D eigenvalue weighted by molar-refractivity contribution is -0.385. The Morgan fingerprint density at radius 3 is 2.44 bits per heavy atom. The van der Waals surface area contributed by atoms with Crippen LogP contribution < -0.4 is 14.2 Å². The number of benzene rings is 3. The number of non-ortho nitro benzene ring substituents is 1. The summed E-state index contributed by atoms with van der Waals surface area (Å²) in [4.78, 5) is 22.4. The summed E-state index contributed by atoms with van der Waals surface area (Å²) in [5.74, 6) is -0.905. The number of carbonyl (C=O) groups is 1. The molecule has 0 radical (unpaired) electrons. The van der Waals surface area contributed by atoms with Crippen molar-refractivity contribution >= 4 is 65.3 Å². The number of halogens is 2. The van der Waals surface area contributed by atoms with Gasteiger partial charge in [0.15, 0.2) is 11.5 Å². The lowest BCUT2D eigenvalue weighted by Crippen LogP contribution is -2.13. The van der Waals surface area contributed by atoms with Crippen LogP contribution in [0.1, 0.15) is 5.56 Å². The molecule has 0 fully saturated rings. The zero-order valence-corrected chi connectivity index (χ0v) is 22.3. The maximum absolute atomic E-state index is 12.8. The Morgan fingerprint density at radius 1 is 1.14 bits per heavy atom. The summed E-state index contributed by atoms with van der Waals surface area (Å²) in [5.41, 5.74) is 0.181. The van der Waals surface area contributed by atoms with Gasteiger partial charge in [0.1, 0.15) is 16.5 Å². The van der Waals surface area contributed by atoms with E-state index in [1.807, 2.05) is 6.07 Å². The predicted molar refractivity (Wildman–Crippen MR) is 138 cm³/mol. The van der Waals surface area contributed by atoms with E-state index in [0.29, 0.717) is 11.3 Å². The van der Waals surface area contributed by atoms with E-state index in [1.54, 1.807) is 24.3 Å². The van der Waals surface area contributed by atoms with Gasteiger partial charge in [0.25, 0.3) is 11.6 Å². The fraction of sp³-hybridized carbons (Fsp3) is 0.0435. The minimum absolute atomic E-state index is 0.0322. The summed E-state index contributed by atoms with van der Waals surface area (Å²) in [5, 5.41) is 23.1. The van der Waals surface area contributed by atoms with Crippen molar-refractivity contribution in [2.45, 2.75) is 4.90 Å². The molecular weight excluding hydrogens is 622 g/mol. The van der Waals surface area contributed by atoms with Crippen molar-refractivity contribution in [1.82, 2.24) is 0 Å². The van der Waals surface area contributed by atoms with Crippen LogP contribution in [0.15, 0.2) is 80.1 Å². The minimum atomic E-state index is -4.47. The van der Waals surface area contributed by atoms with Gasteiger partial charge in [-0.2, -0.15) is 13.7 Å². The lowest BCUT2D eigenvalue weighted by atomic mass is 10.1. The fourth-order valence-electron chi connectivity index (χ4n) is 2.86. The number of nitrogens with zero attached hydrogens (tertiary/aromatic N) is 2. The van der Waals surface area contributed by atoms with Crippen LogP contribution in [0.5, 0.6) is 11.5 Å². The summed E-state index contributed by atoms with van der Waals surface area (Å²) in [7, 11) is -3.19.